The summed E-state index contributed by atoms with van der Waals surface area (Å²) in [6.45, 7) is 1.37. The number of nitrogens with two attached hydrogens (primary N) is 1. The van der Waals surface area contributed by atoms with Crippen LogP contribution in [0.3, 0.4) is 0 Å². The molecule has 0 saturated carbocycles. The van der Waals surface area contributed by atoms with Gasteiger partial charge in [-0.25, -0.2) is 0 Å². The molecule has 25 heavy (non-hydrogen) atoms. The highest BCUT2D eigenvalue weighted by molar-refractivity contribution is 5.91. The number of methoxy groups -OCH3 is 1. The van der Waals surface area contributed by atoms with E-state index in [4.69, 9.17) is 10.5 Å². The minimum absolute atomic E-state index is 0.0604. The maximum atomic E-state index is 12.6. The molecule has 0 aliphatic carbocycles. The molecule has 1 aromatic carbocycles. The van der Waals surface area contributed by atoms with Crippen LogP contribution in [0.4, 0.5) is 18.9 Å². The van der Waals surface area contributed by atoms with Crippen molar-refractivity contribution in [1.29, 1.82) is 0 Å². The molecule has 2 amide bonds. The molecule has 0 fully saturated rings. The lowest BCUT2D eigenvalue weighted by molar-refractivity contribution is -0.185. The minimum Gasteiger partial charge on any atom is -0.380 e. The van der Waals surface area contributed by atoms with Crippen molar-refractivity contribution in [2.24, 2.45) is 5.73 Å². The van der Waals surface area contributed by atoms with Crippen LogP contribution in [0, 0.1) is 0 Å². The number of amides is 2. The molecule has 0 radical (unpaired) electrons. The van der Waals surface area contributed by atoms with Crippen LogP contribution in [0.15, 0.2) is 24.3 Å². The first kappa shape index (κ1) is 20.9. The molecular formula is C16H22F3N3O3. The van der Waals surface area contributed by atoms with Crippen molar-refractivity contribution in [1.82, 2.24) is 4.90 Å². The third-order valence-corrected chi connectivity index (χ3v) is 3.50. The lowest BCUT2D eigenvalue weighted by Gasteiger charge is -2.22. The largest absolute Gasteiger partial charge is 0.471 e. The SMILES string of the molecule is CCN(Cc1cccc(NC(=O)CC(CN)OC)c1)C(=O)C(F)(F)F. The van der Waals surface area contributed by atoms with Gasteiger partial charge in [0, 0.05) is 32.4 Å². The van der Waals surface area contributed by atoms with E-state index in [1.54, 1.807) is 18.2 Å². The summed E-state index contributed by atoms with van der Waals surface area (Å²) in [5, 5.41) is 2.63. The summed E-state index contributed by atoms with van der Waals surface area (Å²) in [6, 6.07) is 6.30. The highest BCUT2D eigenvalue weighted by atomic mass is 19.4. The van der Waals surface area contributed by atoms with Crippen LogP contribution >= 0.6 is 0 Å². The summed E-state index contributed by atoms with van der Waals surface area (Å²) in [6.07, 6.45) is -5.27. The molecule has 9 heteroatoms. The van der Waals surface area contributed by atoms with E-state index in [1.807, 2.05) is 0 Å². The van der Waals surface area contributed by atoms with E-state index >= 15 is 0 Å². The number of nitrogens with zero attached hydrogens (tertiary/aromatic N) is 1. The summed E-state index contributed by atoms with van der Waals surface area (Å²) in [4.78, 5) is 24.0. The molecule has 1 rings (SSSR count). The van der Waals surface area contributed by atoms with Crippen LogP contribution in [0.2, 0.25) is 0 Å². The number of alkyl halides is 3. The predicted octanol–water partition coefficient (Wildman–Crippen LogP) is 1.90. The molecule has 0 aliphatic rings. The zero-order valence-electron chi connectivity index (χ0n) is 14.1. The van der Waals surface area contributed by atoms with Gasteiger partial charge in [-0.3, -0.25) is 9.59 Å². The van der Waals surface area contributed by atoms with Crippen LogP contribution in [0.5, 0.6) is 0 Å². The van der Waals surface area contributed by atoms with Gasteiger partial charge in [0.15, 0.2) is 0 Å². The lowest BCUT2D eigenvalue weighted by Crippen LogP contribution is -2.40. The van der Waals surface area contributed by atoms with Gasteiger partial charge in [-0.1, -0.05) is 12.1 Å². The number of nitrogens with one attached hydrogen (secondary N) is 1. The van der Waals surface area contributed by atoms with E-state index in [0.29, 0.717) is 16.2 Å². The Morgan fingerprint density at radius 2 is 2.04 bits per heavy atom. The third kappa shape index (κ3) is 6.71. The average Bonchev–Trinajstić information content (AvgIpc) is 2.56. The van der Waals surface area contributed by atoms with Crippen LogP contribution in [-0.2, 0) is 20.9 Å². The third-order valence-electron chi connectivity index (χ3n) is 3.50. The Hall–Kier alpha value is -2.13. The normalized spacial score (nSPS) is 12.6. The molecule has 0 spiro atoms. The minimum atomic E-state index is -4.92. The van der Waals surface area contributed by atoms with E-state index in [9.17, 15) is 22.8 Å². The van der Waals surface area contributed by atoms with Crippen molar-refractivity contribution in [3.05, 3.63) is 29.8 Å². The molecule has 1 atom stereocenters. The standard InChI is InChI=1S/C16H22F3N3O3/c1-3-22(15(24)16(17,18)19)10-11-5-4-6-12(7-11)21-14(23)8-13(9-20)25-2/h4-7,13H,3,8-10,20H2,1-2H3,(H,21,23). The number of halogens is 3. The summed E-state index contributed by atoms with van der Waals surface area (Å²) in [5.74, 6) is -2.22. The molecule has 140 valence electrons. The second kappa shape index (κ2) is 9.38. The quantitative estimate of drug-likeness (QED) is 0.741. The molecule has 0 aliphatic heterocycles. The van der Waals surface area contributed by atoms with Gasteiger partial charge < -0.3 is 20.7 Å². The van der Waals surface area contributed by atoms with E-state index in [0.717, 1.165) is 0 Å². The van der Waals surface area contributed by atoms with E-state index in [-0.39, 0.29) is 32.0 Å². The summed E-state index contributed by atoms with van der Waals surface area (Å²) >= 11 is 0. The van der Waals surface area contributed by atoms with Gasteiger partial charge in [-0.15, -0.1) is 0 Å². The van der Waals surface area contributed by atoms with Crippen LogP contribution in [-0.4, -0.2) is 49.2 Å². The van der Waals surface area contributed by atoms with Crippen molar-refractivity contribution in [3.63, 3.8) is 0 Å². The Bertz CT molecular complexity index is 589. The molecule has 1 unspecified atom stereocenters. The highest BCUT2D eigenvalue weighted by Crippen LogP contribution is 2.21. The average molecular weight is 361 g/mol. The smallest absolute Gasteiger partial charge is 0.380 e. The summed E-state index contributed by atoms with van der Waals surface area (Å²) in [7, 11) is 1.45. The molecule has 0 bridgehead atoms. The molecule has 3 N–H and O–H groups in total. The summed E-state index contributed by atoms with van der Waals surface area (Å²) in [5.41, 5.74) is 6.34. The Morgan fingerprint density at radius 1 is 1.36 bits per heavy atom. The molecule has 1 aromatic rings. The van der Waals surface area contributed by atoms with Gasteiger partial charge in [0.05, 0.1) is 12.5 Å². The maximum absolute atomic E-state index is 12.6. The molecular weight excluding hydrogens is 339 g/mol. The Labute approximate surface area is 144 Å². The van der Waals surface area contributed by atoms with E-state index in [1.165, 1.54) is 20.1 Å². The van der Waals surface area contributed by atoms with Crippen molar-refractivity contribution >= 4 is 17.5 Å². The van der Waals surface area contributed by atoms with E-state index < -0.39 is 18.2 Å². The zero-order chi connectivity index (χ0) is 19.0. The molecule has 0 aromatic heterocycles. The highest BCUT2D eigenvalue weighted by Gasteiger charge is 2.41. The molecule has 0 saturated heterocycles. The van der Waals surface area contributed by atoms with Crippen molar-refractivity contribution in [2.45, 2.75) is 32.2 Å². The van der Waals surface area contributed by atoms with Gasteiger partial charge in [0.25, 0.3) is 0 Å². The van der Waals surface area contributed by atoms with Gasteiger partial charge in [-0.05, 0) is 24.6 Å². The van der Waals surface area contributed by atoms with Gasteiger partial charge >= 0.3 is 12.1 Å². The second-order valence-corrected chi connectivity index (χ2v) is 5.36. The zero-order valence-corrected chi connectivity index (χ0v) is 14.1. The number of carbonyl (C=O) groups is 2. The number of benzene rings is 1. The Morgan fingerprint density at radius 3 is 2.56 bits per heavy atom. The van der Waals surface area contributed by atoms with Crippen molar-refractivity contribution in [2.75, 3.05) is 25.5 Å². The predicted molar refractivity (Wildman–Crippen MR) is 86.7 cm³/mol. The van der Waals surface area contributed by atoms with Gasteiger partial charge in [0.1, 0.15) is 0 Å². The first-order chi connectivity index (χ1) is 11.7. The summed E-state index contributed by atoms with van der Waals surface area (Å²) < 4.78 is 42.7. The number of rotatable bonds is 8. The number of hydrogen-bond acceptors (Lipinski definition) is 4. The maximum Gasteiger partial charge on any atom is 0.471 e. The number of carbonyl (C=O) groups excluding carboxylic acids is 2. The van der Waals surface area contributed by atoms with Gasteiger partial charge in [-0.2, -0.15) is 13.2 Å². The monoisotopic (exact) mass is 361 g/mol. The topological polar surface area (TPSA) is 84.7 Å². The first-order valence-electron chi connectivity index (χ1n) is 7.69. The fourth-order valence-corrected chi connectivity index (χ4v) is 2.16. The first-order valence-corrected chi connectivity index (χ1v) is 7.69. The lowest BCUT2D eigenvalue weighted by atomic mass is 10.1. The number of hydrogen-bond donors (Lipinski definition) is 2. The fourth-order valence-electron chi connectivity index (χ4n) is 2.16. The number of anilines is 1. The number of ether oxygens (including phenoxy) is 1. The molecule has 0 heterocycles. The van der Waals surface area contributed by atoms with Crippen molar-refractivity contribution in [3.8, 4) is 0 Å². The van der Waals surface area contributed by atoms with Crippen LogP contribution < -0.4 is 11.1 Å². The van der Waals surface area contributed by atoms with Crippen molar-refractivity contribution < 1.29 is 27.5 Å². The molecule has 6 nitrogen and oxygen atoms in total. The second-order valence-electron chi connectivity index (χ2n) is 5.36. The Balaban J connectivity index is 2.77. The van der Waals surface area contributed by atoms with E-state index in [2.05, 4.69) is 5.32 Å². The van der Waals surface area contributed by atoms with Crippen LogP contribution in [0.25, 0.3) is 0 Å². The fraction of sp³-hybridized carbons (Fsp3) is 0.500. The van der Waals surface area contributed by atoms with Gasteiger partial charge in [0.2, 0.25) is 5.91 Å². The van der Waals surface area contributed by atoms with Crippen LogP contribution in [0.1, 0.15) is 18.9 Å². The Kier molecular flexibility index (Phi) is 7.85.